The van der Waals surface area contributed by atoms with E-state index in [1.54, 1.807) is 0 Å². The number of carboxylic acids is 1. The number of carbonyl (C=O) groups is 1. The van der Waals surface area contributed by atoms with Gasteiger partial charge in [0.1, 0.15) is 5.41 Å². The number of hydrogen-bond donors (Lipinski definition) is 2. The molecule has 0 radical (unpaired) electrons. The van der Waals surface area contributed by atoms with Crippen LogP contribution in [-0.4, -0.2) is 28.7 Å². The smallest absolute Gasteiger partial charge is 0.316 e. The van der Waals surface area contributed by atoms with Gasteiger partial charge in [0, 0.05) is 18.4 Å². The molecule has 13 heavy (non-hydrogen) atoms. The van der Waals surface area contributed by atoms with Crippen molar-refractivity contribution in [3.05, 3.63) is 0 Å². The first-order chi connectivity index (χ1) is 5.71. The van der Waals surface area contributed by atoms with E-state index in [0.29, 0.717) is 0 Å². The van der Waals surface area contributed by atoms with E-state index in [2.05, 4.69) is 0 Å². The fourth-order valence-corrected chi connectivity index (χ4v) is 1.68. The summed E-state index contributed by atoms with van der Waals surface area (Å²) in [5.74, 6) is -4.72. The Bertz CT molecular complexity index is 250. The van der Waals surface area contributed by atoms with Crippen LogP contribution in [0.4, 0.5) is 8.78 Å². The average Bonchev–Trinajstić information content (AvgIpc) is 2.56. The molecule has 0 aliphatic heterocycles. The standard InChI is InChI=1S/C8H12F2O3/c1-6(2,4-11)7(5(12)13)3-8(7,9)10/h11H,3-4H2,1-2H3,(H,12,13). The van der Waals surface area contributed by atoms with Crippen LogP contribution in [0.1, 0.15) is 20.3 Å². The fourth-order valence-electron chi connectivity index (χ4n) is 1.68. The molecule has 2 N–H and O–H groups in total. The lowest BCUT2D eigenvalue weighted by Crippen LogP contribution is -2.40. The van der Waals surface area contributed by atoms with Gasteiger partial charge in [0.05, 0.1) is 0 Å². The Balaban J connectivity index is 3.05. The zero-order valence-corrected chi connectivity index (χ0v) is 7.47. The molecule has 0 bridgehead atoms. The Kier molecular flexibility index (Phi) is 1.92. The highest BCUT2D eigenvalue weighted by molar-refractivity contribution is 5.81. The minimum atomic E-state index is -3.19. The summed E-state index contributed by atoms with van der Waals surface area (Å²) in [4.78, 5) is 10.7. The molecule has 76 valence electrons. The third-order valence-electron chi connectivity index (χ3n) is 2.90. The van der Waals surface area contributed by atoms with E-state index >= 15 is 0 Å². The van der Waals surface area contributed by atoms with Gasteiger partial charge in [-0.25, -0.2) is 8.78 Å². The van der Waals surface area contributed by atoms with Gasteiger partial charge in [0.25, 0.3) is 5.92 Å². The van der Waals surface area contributed by atoms with Crippen molar-refractivity contribution in [2.45, 2.75) is 26.2 Å². The monoisotopic (exact) mass is 194 g/mol. The Hall–Kier alpha value is -0.710. The topological polar surface area (TPSA) is 57.5 Å². The van der Waals surface area contributed by atoms with Gasteiger partial charge in [-0.05, 0) is 0 Å². The largest absolute Gasteiger partial charge is 0.481 e. The van der Waals surface area contributed by atoms with Crippen molar-refractivity contribution in [1.29, 1.82) is 0 Å². The quantitative estimate of drug-likeness (QED) is 0.707. The van der Waals surface area contributed by atoms with Crippen molar-refractivity contribution >= 4 is 5.97 Å². The number of alkyl halides is 2. The first kappa shape index (κ1) is 10.4. The molecule has 3 nitrogen and oxygen atoms in total. The first-order valence-electron chi connectivity index (χ1n) is 3.93. The number of aliphatic hydroxyl groups excluding tert-OH is 1. The molecule has 0 saturated heterocycles. The van der Waals surface area contributed by atoms with Crippen molar-refractivity contribution in [2.75, 3.05) is 6.61 Å². The molecule has 5 heteroatoms. The number of halogens is 2. The van der Waals surface area contributed by atoms with E-state index in [-0.39, 0.29) is 0 Å². The summed E-state index contributed by atoms with van der Waals surface area (Å²) >= 11 is 0. The van der Waals surface area contributed by atoms with Gasteiger partial charge in [-0.3, -0.25) is 4.79 Å². The molecule has 1 rings (SSSR count). The summed E-state index contributed by atoms with van der Waals surface area (Å²) in [6.07, 6.45) is -0.678. The second kappa shape index (κ2) is 2.41. The molecule has 1 saturated carbocycles. The van der Waals surface area contributed by atoms with Crippen molar-refractivity contribution < 1.29 is 23.8 Å². The maximum absolute atomic E-state index is 12.9. The molecular formula is C8H12F2O3. The number of aliphatic carboxylic acids is 1. The van der Waals surface area contributed by atoms with Gasteiger partial charge in [0.15, 0.2) is 0 Å². The molecule has 1 aliphatic carbocycles. The van der Waals surface area contributed by atoms with Gasteiger partial charge in [0.2, 0.25) is 0 Å². The van der Waals surface area contributed by atoms with Crippen LogP contribution in [-0.2, 0) is 4.79 Å². The van der Waals surface area contributed by atoms with Gasteiger partial charge >= 0.3 is 5.97 Å². The molecule has 1 aliphatic rings. The highest BCUT2D eigenvalue weighted by Gasteiger charge is 2.81. The molecule has 0 aromatic heterocycles. The Morgan fingerprint density at radius 2 is 1.92 bits per heavy atom. The van der Waals surface area contributed by atoms with Gasteiger partial charge in [-0.15, -0.1) is 0 Å². The zero-order chi connectivity index (χ0) is 10.5. The van der Waals surface area contributed by atoms with Crippen LogP contribution in [0, 0.1) is 10.8 Å². The van der Waals surface area contributed by atoms with Crippen molar-refractivity contribution in [2.24, 2.45) is 10.8 Å². The van der Waals surface area contributed by atoms with E-state index in [0.717, 1.165) is 0 Å². The fraction of sp³-hybridized carbons (Fsp3) is 0.875. The van der Waals surface area contributed by atoms with Gasteiger partial charge < -0.3 is 10.2 Å². The lowest BCUT2D eigenvalue weighted by Gasteiger charge is -2.29. The number of hydrogen-bond acceptors (Lipinski definition) is 2. The Labute approximate surface area is 74.4 Å². The molecular weight excluding hydrogens is 182 g/mol. The number of aliphatic hydroxyl groups is 1. The first-order valence-corrected chi connectivity index (χ1v) is 3.93. The minimum absolute atomic E-state index is 0.561. The van der Waals surface area contributed by atoms with E-state index in [1.807, 2.05) is 0 Å². The lowest BCUT2D eigenvalue weighted by molar-refractivity contribution is -0.156. The summed E-state index contributed by atoms with van der Waals surface area (Å²) in [5.41, 5.74) is -3.36. The van der Waals surface area contributed by atoms with Gasteiger partial charge in [-0.2, -0.15) is 0 Å². The summed E-state index contributed by atoms with van der Waals surface area (Å²) in [7, 11) is 0. The maximum atomic E-state index is 12.9. The third kappa shape index (κ3) is 1.06. The zero-order valence-electron chi connectivity index (χ0n) is 7.47. The summed E-state index contributed by atoms with van der Waals surface area (Å²) in [6, 6.07) is 0. The maximum Gasteiger partial charge on any atom is 0.316 e. The van der Waals surface area contributed by atoms with Crippen LogP contribution in [0.3, 0.4) is 0 Å². The third-order valence-corrected chi connectivity index (χ3v) is 2.90. The van der Waals surface area contributed by atoms with Gasteiger partial charge in [-0.1, -0.05) is 13.8 Å². The van der Waals surface area contributed by atoms with Crippen LogP contribution >= 0.6 is 0 Å². The Morgan fingerprint density at radius 1 is 1.54 bits per heavy atom. The molecule has 0 aromatic carbocycles. The van der Waals surface area contributed by atoms with E-state index in [1.165, 1.54) is 13.8 Å². The van der Waals surface area contributed by atoms with E-state index in [4.69, 9.17) is 10.2 Å². The van der Waals surface area contributed by atoms with Crippen molar-refractivity contribution in [3.8, 4) is 0 Å². The highest BCUT2D eigenvalue weighted by Crippen LogP contribution is 2.69. The number of carboxylic acid groups (broad SMARTS) is 1. The second-order valence-corrected chi connectivity index (χ2v) is 4.13. The summed E-state index contributed by atoms with van der Waals surface area (Å²) in [5, 5.41) is 17.6. The molecule has 0 amide bonds. The molecule has 0 spiro atoms. The highest BCUT2D eigenvalue weighted by atomic mass is 19.3. The van der Waals surface area contributed by atoms with Crippen LogP contribution in [0.25, 0.3) is 0 Å². The minimum Gasteiger partial charge on any atom is -0.481 e. The summed E-state index contributed by atoms with van der Waals surface area (Å²) in [6.45, 7) is 2.11. The molecule has 1 fully saturated rings. The lowest BCUT2D eigenvalue weighted by atomic mass is 9.76. The van der Waals surface area contributed by atoms with Crippen LogP contribution < -0.4 is 0 Å². The van der Waals surface area contributed by atoms with Crippen LogP contribution in [0.15, 0.2) is 0 Å². The van der Waals surface area contributed by atoms with Crippen molar-refractivity contribution in [3.63, 3.8) is 0 Å². The van der Waals surface area contributed by atoms with E-state index in [9.17, 15) is 13.6 Å². The molecule has 1 atom stereocenters. The SMILES string of the molecule is CC(C)(CO)C1(C(=O)O)CC1(F)F. The average molecular weight is 194 g/mol. The molecule has 0 heterocycles. The summed E-state index contributed by atoms with van der Waals surface area (Å²) < 4.78 is 25.8. The normalized spacial score (nSPS) is 31.5. The van der Waals surface area contributed by atoms with Crippen LogP contribution in [0.2, 0.25) is 0 Å². The van der Waals surface area contributed by atoms with E-state index < -0.39 is 35.7 Å². The number of rotatable bonds is 3. The Morgan fingerprint density at radius 3 is 2.00 bits per heavy atom. The second-order valence-electron chi connectivity index (χ2n) is 4.13. The van der Waals surface area contributed by atoms with Crippen molar-refractivity contribution in [1.82, 2.24) is 0 Å². The predicted octanol–water partition coefficient (Wildman–Crippen LogP) is 1.11. The molecule has 1 unspecified atom stereocenters. The van der Waals surface area contributed by atoms with Crippen LogP contribution in [0.5, 0.6) is 0 Å². The molecule has 0 aromatic rings. The predicted molar refractivity (Wildman–Crippen MR) is 40.5 cm³/mol.